The van der Waals surface area contributed by atoms with Crippen molar-refractivity contribution in [3.8, 4) is 0 Å². The summed E-state index contributed by atoms with van der Waals surface area (Å²) < 4.78 is 0. The van der Waals surface area contributed by atoms with Crippen LogP contribution in [0.4, 0.5) is 0 Å². The first kappa shape index (κ1) is 12.3. The Morgan fingerprint density at radius 2 is 2.06 bits per heavy atom. The fourth-order valence-corrected chi connectivity index (χ4v) is 3.05. The molecule has 0 aromatic carbocycles. The van der Waals surface area contributed by atoms with Gasteiger partial charge >= 0.3 is 0 Å². The molecule has 3 unspecified atom stereocenters. The van der Waals surface area contributed by atoms with E-state index in [1.807, 2.05) is 0 Å². The molecule has 0 radical (unpaired) electrons. The lowest BCUT2D eigenvalue weighted by Crippen LogP contribution is -2.57. The quantitative estimate of drug-likeness (QED) is 0.690. The molecule has 2 heterocycles. The minimum Gasteiger partial charge on any atom is -0.326 e. The van der Waals surface area contributed by atoms with E-state index in [-0.39, 0.29) is 0 Å². The largest absolute Gasteiger partial charge is 0.326 e. The molecule has 94 valence electrons. The molecule has 2 rings (SSSR count). The first-order valence-electron chi connectivity index (χ1n) is 6.53. The summed E-state index contributed by atoms with van der Waals surface area (Å²) in [5.74, 6) is 0.613. The van der Waals surface area contributed by atoms with Crippen LogP contribution in [0, 0.1) is 5.92 Å². The minimum absolute atomic E-state index is 0.314. The lowest BCUT2D eigenvalue weighted by molar-refractivity contribution is 0.0800. The molecule has 2 aliphatic rings. The molecule has 0 aromatic rings. The second-order valence-corrected chi connectivity index (χ2v) is 5.58. The molecule has 0 saturated carbocycles. The molecule has 0 bridgehead atoms. The summed E-state index contributed by atoms with van der Waals surface area (Å²) in [6, 6.07) is 0.940. The van der Waals surface area contributed by atoms with E-state index in [1.54, 1.807) is 0 Å². The van der Waals surface area contributed by atoms with Gasteiger partial charge in [-0.05, 0) is 33.9 Å². The molecule has 0 aromatic heterocycles. The van der Waals surface area contributed by atoms with Crippen molar-refractivity contribution >= 4 is 0 Å². The summed E-state index contributed by atoms with van der Waals surface area (Å²) in [5.41, 5.74) is 6.34. The predicted molar refractivity (Wildman–Crippen MR) is 67.2 cm³/mol. The Bertz CT molecular complexity index is 231. The van der Waals surface area contributed by atoms with Crippen molar-refractivity contribution in [3.05, 3.63) is 0 Å². The Balaban J connectivity index is 1.93. The Kier molecular flexibility index (Phi) is 3.85. The Hall–Kier alpha value is -0.160. The third kappa shape index (κ3) is 2.40. The fourth-order valence-electron chi connectivity index (χ4n) is 3.05. The number of rotatable bonds is 2. The van der Waals surface area contributed by atoms with E-state index in [4.69, 9.17) is 5.73 Å². The van der Waals surface area contributed by atoms with Crippen LogP contribution >= 0.6 is 0 Å². The molecule has 3 atom stereocenters. The van der Waals surface area contributed by atoms with Crippen LogP contribution in [0.15, 0.2) is 0 Å². The normalized spacial score (nSPS) is 38.4. The van der Waals surface area contributed by atoms with Gasteiger partial charge in [0.2, 0.25) is 0 Å². The molecule has 16 heavy (non-hydrogen) atoms. The zero-order valence-corrected chi connectivity index (χ0v) is 10.8. The highest BCUT2D eigenvalue weighted by atomic mass is 15.3. The molecule has 2 fully saturated rings. The van der Waals surface area contributed by atoms with Gasteiger partial charge < -0.3 is 11.1 Å². The highest BCUT2D eigenvalue weighted by Crippen LogP contribution is 2.24. The molecule has 0 amide bonds. The third-order valence-electron chi connectivity index (χ3n) is 4.17. The summed E-state index contributed by atoms with van der Waals surface area (Å²) in [5, 5.41) is 3.58. The highest BCUT2D eigenvalue weighted by Gasteiger charge is 2.36. The maximum Gasteiger partial charge on any atom is 0.0640 e. The predicted octanol–water partition coefficient (Wildman–Crippen LogP) is -0.0949. The molecule has 4 heteroatoms. The van der Waals surface area contributed by atoms with E-state index in [0.29, 0.717) is 24.2 Å². The molecule has 2 aliphatic heterocycles. The number of nitrogens with zero attached hydrogens (tertiary/aromatic N) is 2. The van der Waals surface area contributed by atoms with Crippen LogP contribution in [-0.4, -0.2) is 61.3 Å². The number of hydrogen-bond donors (Lipinski definition) is 2. The van der Waals surface area contributed by atoms with Crippen LogP contribution < -0.4 is 11.1 Å². The molecule has 0 spiro atoms. The van der Waals surface area contributed by atoms with Crippen molar-refractivity contribution in [1.82, 2.24) is 15.1 Å². The van der Waals surface area contributed by atoms with Crippen LogP contribution in [0.2, 0.25) is 0 Å². The van der Waals surface area contributed by atoms with Crippen molar-refractivity contribution in [2.75, 3.05) is 33.2 Å². The van der Waals surface area contributed by atoms with Crippen molar-refractivity contribution in [1.29, 1.82) is 0 Å². The van der Waals surface area contributed by atoms with Gasteiger partial charge in [-0.15, -0.1) is 0 Å². The second kappa shape index (κ2) is 5.00. The maximum absolute atomic E-state index is 6.34. The maximum atomic E-state index is 6.34. The number of nitrogens with one attached hydrogen (secondary N) is 1. The van der Waals surface area contributed by atoms with E-state index in [0.717, 1.165) is 19.6 Å². The van der Waals surface area contributed by atoms with E-state index >= 15 is 0 Å². The zero-order chi connectivity index (χ0) is 11.7. The van der Waals surface area contributed by atoms with Gasteiger partial charge in [0.25, 0.3) is 0 Å². The number of piperidine rings is 1. The zero-order valence-electron chi connectivity index (χ0n) is 10.8. The lowest BCUT2D eigenvalue weighted by Gasteiger charge is -2.42. The number of nitrogens with two attached hydrogens (primary N) is 1. The molecule has 3 N–H and O–H groups in total. The molecule has 4 nitrogen and oxygen atoms in total. The van der Waals surface area contributed by atoms with Crippen LogP contribution in [0.5, 0.6) is 0 Å². The standard InChI is InChI=1S/C12H26N4/c1-9(2)16-6-4-10(11(13)8-16)12-14-5-7-15(12)3/h9-12,14H,4-8,13H2,1-3H3. The average Bonchev–Trinajstić information content (AvgIpc) is 2.64. The monoisotopic (exact) mass is 226 g/mol. The lowest BCUT2D eigenvalue weighted by atomic mass is 9.88. The number of hydrogen-bond acceptors (Lipinski definition) is 4. The summed E-state index contributed by atoms with van der Waals surface area (Å²) >= 11 is 0. The van der Waals surface area contributed by atoms with Crippen molar-refractivity contribution in [2.45, 2.75) is 38.5 Å². The summed E-state index contributed by atoms with van der Waals surface area (Å²) in [6.07, 6.45) is 1.73. The summed E-state index contributed by atoms with van der Waals surface area (Å²) in [7, 11) is 2.20. The van der Waals surface area contributed by atoms with E-state index in [2.05, 4.69) is 36.0 Å². The van der Waals surface area contributed by atoms with Crippen LogP contribution in [0.1, 0.15) is 20.3 Å². The molecular formula is C12H26N4. The van der Waals surface area contributed by atoms with Crippen LogP contribution in [0.25, 0.3) is 0 Å². The van der Waals surface area contributed by atoms with Crippen molar-refractivity contribution in [2.24, 2.45) is 11.7 Å². The Labute approximate surface area is 99.2 Å². The number of likely N-dealkylation sites (N-methyl/N-ethyl adjacent to an activating group) is 1. The second-order valence-electron chi connectivity index (χ2n) is 5.58. The van der Waals surface area contributed by atoms with E-state index < -0.39 is 0 Å². The summed E-state index contributed by atoms with van der Waals surface area (Å²) in [4.78, 5) is 4.91. The smallest absolute Gasteiger partial charge is 0.0640 e. The molecule has 0 aliphatic carbocycles. The third-order valence-corrected chi connectivity index (χ3v) is 4.17. The van der Waals surface area contributed by atoms with E-state index in [1.165, 1.54) is 13.0 Å². The van der Waals surface area contributed by atoms with Gasteiger partial charge in [0.05, 0.1) is 6.17 Å². The number of likely N-dealkylation sites (tertiary alicyclic amines) is 1. The topological polar surface area (TPSA) is 44.5 Å². The van der Waals surface area contributed by atoms with Gasteiger partial charge in [0.15, 0.2) is 0 Å². The van der Waals surface area contributed by atoms with Crippen LogP contribution in [-0.2, 0) is 0 Å². The first-order chi connectivity index (χ1) is 7.59. The Morgan fingerprint density at radius 3 is 2.56 bits per heavy atom. The van der Waals surface area contributed by atoms with Gasteiger partial charge in [-0.2, -0.15) is 0 Å². The summed E-state index contributed by atoms with van der Waals surface area (Å²) in [6.45, 7) is 9.02. The molecule has 2 saturated heterocycles. The van der Waals surface area contributed by atoms with Gasteiger partial charge in [0.1, 0.15) is 0 Å². The van der Waals surface area contributed by atoms with Crippen molar-refractivity contribution < 1.29 is 0 Å². The molecular weight excluding hydrogens is 200 g/mol. The first-order valence-corrected chi connectivity index (χ1v) is 6.53. The van der Waals surface area contributed by atoms with E-state index in [9.17, 15) is 0 Å². The average molecular weight is 226 g/mol. The van der Waals surface area contributed by atoms with Gasteiger partial charge in [0, 0.05) is 37.6 Å². The fraction of sp³-hybridized carbons (Fsp3) is 1.00. The SMILES string of the molecule is CC(C)N1CCC(C2NCCN2C)C(N)C1. The Morgan fingerprint density at radius 1 is 1.31 bits per heavy atom. The van der Waals surface area contributed by atoms with Gasteiger partial charge in [-0.25, -0.2) is 0 Å². The van der Waals surface area contributed by atoms with Gasteiger partial charge in [-0.3, -0.25) is 9.80 Å². The van der Waals surface area contributed by atoms with Crippen molar-refractivity contribution in [3.63, 3.8) is 0 Å². The van der Waals surface area contributed by atoms with Crippen LogP contribution in [0.3, 0.4) is 0 Å². The minimum atomic E-state index is 0.314. The van der Waals surface area contributed by atoms with Gasteiger partial charge in [-0.1, -0.05) is 0 Å². The highest BCUT2D eigenvalue weighted by molar-refractivity contribution is 4.92.